The van der Waals surface area contributed by atoms with E-state index in [2.05, 4.69) is 6.58 Å². The fourth-order valence-electron chi connectivity index (χ4n) is 3.15. The van der Waals surface area contributed by atoms with Crippen molar-refractivity contribution in [3.8, 4) is 0 Å². The lowest BCUT2D eigenvalue weighted by molar-refractivity contribution is -0.522. The summed E-state index contributed by atoms with van der Waals surface area (Å²) < 4.78 is 37.8. The highest BCUT2D eigenvalue weighted by Gasteiger charge is 2.41. The molecule has 2 fully saturated rings. The fourth-order valence-corrected chi connectivity index (χ4v) is 3.15. The third-order valence-corrected chi connectivity index (χ3v) is 4.62. The maximum Gasteiger partial charge on any atom is 0.416 e. The van der Waals surface area contributed by atoms with E-state index in [0.717, 1.165) is 42.5 Å². The summed E-state index contributed by atoms with van der Waals surface area (Å²) in [6.07, 6.45) is -0.737. The average Bonchev–Trinajstić information content (AvgIpc) is 2.55. The highest BCUT2D eigenvalue weighted by molar-refractivity contribution is 5.25. The van der Waals surface area contributed by atoms with Gasteiger partial charge in [-0.25, -0.2) is 9.78 Å². The minimum atomic E-state index is -4.30. The molecule has 138 valence electrons. The smallest absolute Gasteiger partial charge is 0.229 e. The monoisotopic (exact) mass is 358 g/mol. The molecule has 0 radical (unpaired) electrons. The predicted octanol–water partition coefficient (Wildman–Crippen LogP) is 4.60. The van der Waals surface area contributed by atoms with Crippen molar-refractivity contribution in [3.63, 3.8) is 0 Å². The van der Waals surface area contributed by atoms with Crippen LogP contribution >= 0.6 is 0 Å². The van der Waals surface area contributed by atoms with Crippen molar-refractivity contribution in [1.29, 1.82) is 0 Å². The highest BCUT2D eigenvalue weighted by Crippen LogP contribution is 2.38. The number of halogens is 3. The Morgan fingerprint density at radius 2 is 1.56 bits per heavy atom. The normalized spacial score (nSPS) is 22.6. The van der Waals surface area contributed by atoms with Crippen molar-refractivity contribution >= 4 is 0 Å². The van der Waals surface area contributed by atoms with Gasteiger partial charge in [0.25, 0.3) is 0 Å². The van der Waals surface area contributed by atoms with Crippen LogP contribution in [0, 0.1) is 5.92 Å². The summed E-state index contributed by atoms with van der Waals surface area (Å²) in [4.78, 5) is 21.1. The molecule has 7 heteroatoms. The van der Waals surface area contributed by atoms with Crippen LogP contribution in [0.25, 0.3) is 0 Å². The minimum Gasteiger partial charge on any atom is -0.229 e. The molecule has 0 bridgehead atoms. The van der Waals surface area contributed by atoms with Crippen LogP contribution in [0.3, 0.4) is 0 Å². The summed E-state index contributed by atoms with van der Waals surface area (Å²) in [5.41, 5.74) is 1.01. The molecule has 1 spiro atoms. The van der Waals surface area contributed by atoms with E-state index < -0.39 is 17.5 Å². The lowest BCUT2D eigenvalue weighted by Crippen LogP contribution is -2.42. The number of hydrogen-bond donors (Lipinski definition) is 0. The van der Waals surface area contributed by atoms with E-state index in [1.807, 2.05) is 0 Å². The Morgan fingerprint density at radius 3 is 2.08 bits per heavy atom. The molecule has 4 nitrogen and oxygen atoms in total. The zero-order valence-electron chi connectivity index (χ0n) is 13.8. The summed E-state index contributed by atoms with van der Waals surface area (Å²) in [5.74, 6) is -0.549. The second-order valence-electron chi connectivity index (χ2n) is 6.69. The van der Waals surface area contributed by atoms with Crippen LogP contribution in [0.5, 0.6) is 0 Å². The SMILES string of the molecule is C=C1COOC2(CCC(Cc3ccc(C(F)(F)F)cc3)CC2)OOC1. The third-order valence-electron chi connectivity index (χ3n) is 4.62. The van der Waals surface area contributed by atoms with Gasteiger partial charge in [0.1, 0.15) is 13.2 Å². The van der Waals surface area contributed by atoms with Gasteiger partial charge < -0.3 is 0 Å². The molecule has 2 aliphatic rings. The van der Waals surface area contributed by atoms with E-state index in [9.17, 15) is 13.2 Å². The maximum atomic E-state index is 12.6. The van der Waals surface area contributed by atoms with Crippen molar-refractivity contribution < 1.29 is 32.7 Å². The topological polar surface area (TPSA) is 36.9 Å². The summed E-state index contributed by atoms with van der Waals surface area (Å²) in [7, 11) is 0. The van der Waals surface area contributed by atoms with Gasteiger partial charge in [-0.05, 0) is 48.4 Å². The van der Waals surface area contributed by atoms with Crippen LogP contribution in [0.2, 0.25) is 0 Å². The Balaban J connectivity index is 1.53. The molecule has 0 aromatic heterocycles. The summed E-state index contributed by atoms with van der Waals surface area (Å²) in [6, 6.07) is 5.37. The van der Waals surface area contributed by atoms with Gasteiger partial charge in [-0.3, -0.25) is 0 Å². The first-order valence-electron chi connectivity index (χ1n) is 8.30. The Bertz CT molecular complexity index is 575. The lowest BCUT2D eigenvalue weighted by Gasteiger charge is -2.38. The maximum absolute atomic E-state index is 12.6. The molecule has 1 saturated heterocycles. The summed E-state index contributed by atoms with van der Waals surface area (Å²) in [6.45, 7) is 4.28. The molecule has 1 aliphatic heterocycles. The quantitative estimate of drug-likeness (QED) is 0.572. The van der Waals surface area contributed by atoms with Gasteiger partial charge in [0.2, 0.25) is 5.79 Å². The third kappa shape index (κ3) is 4.82. The van der Waals surface area contributed by atoms with E-state index in [1.54, 1.807) is 12.1 Å². The van der Waals surface area contributed by atoms with Crippen molar-refractivity contribution in [1.82, 2.24) is 0 Å². The largest absolute Gasteiger partial charge is 0.416 e. The van der Waals surface area contributed by atoms with Crippen LogP contribution in [-0.4, -0.2) is 19.0 Å². The van der Waals surface area contributed by atoms with Crippen LogP contribution in [-0.2, 0) is 32.1 Å². The van der Waals surface area contributed by atoms with E-state index in [-0.39, 0.29) is 13.2 Å². The zero-order chi connectivity index (χ0) is 17.9. The predicted molar refractivity (Wildman–Crippen MR) is 83.1 cm³/mol. The van der Waals surface area contributed by atoms with E-state index in [1.165, 1.54) is 0 Å². The van der Waals surface area contributed by atoms with E-state index >= 15 is 0 Å². The Kier molecular flexibility index (Phi) is 5.48. The summed E-state index contributed by atoms with van der Waals surface area (Å²) >= 11 is 0. The minimum absolute atomic E-state index is 0.264. The van der Waals surface area contributed by atoms with Gasteiger partial charge in [0, 0.05) is 12.8 Å². The molecule has 0 unspecified atom stereocenters. The molecular weight excluding hydrogens is 337 g/mol. The highest BCUT2D eigenvalue weighted by atomic mass is 19.4. The number of alkyl halides is 3. The van der Waals surface area contributed by atoms with Crippen molar-refractivity contribution in [3.05, 3.63) is 47.5 Å². The van der Waals surface area contributed by atoms with Crippen LogP contribution in [0.4, 0.5) is 13.2 Å². The van der Waals surface area contributed by atoms with Crippen molar-refractivity contribution in [2.75, 3.05) is 13.2 Å². The molecular formula is C18H21F3O4. The van der Waals surface area contributed by atoms with Gasteiger partial charge in [0.05, 0.1) is 5.56 Å². The second kappa shape index (κ2) is 7.45. The second-order valence-corrected chi connectivity index (χ2v) is 6.69. The zero-order valence-corrected chi connectivity index (χ0v) is 13.8. The van der Waals surface area contributed by atoms with Crippen LogP contribution in [0.1, 0.15) is 36.8 Å². The molecule has 1 heterocycles. The lowest BCUT2D eigenvalue weighted by atomic mass is 9.81. The van der Waals surface area contributed by atoms with Gasteiger partial charge in [0.15, 0.2) is 0 Å². The van der Waals surface area contributed by atoms with Gasteiger partial charge in [-0.2, -0.15) is 22.9 Å². The van der Waals surface area contributed by atoms with E-state index in [4.69, 9.17) is 19.6 Å². The molecule has 0 N–H and O–H groups in total. The number of hydrogen-bond acceptors (Lipinski definition) is 4. The van der Waals surface area contributed by atoms with E-state index in [0.29, 0.717) is 18.8 Å². The standard InChI is InChI=1S/C18H21F3O4/c1-13-11-22-24-17(25-23-12-13)8-6-15(7-9-17)10-14-2-4-16(5-3-14)18(19,20)21/h2-5,15H,1,6-12H2. The summed E-state index contributed by atoms with van der Waals surface area (Å²) in [5, 5.41) is 0. The Hall–Kier alpha value is -1.41. The molecule has 1 aromatic rings. The molecule has 0 atom stereocenters. The van der Waals surface area contributed by atoms with Crippen LogP contribution in [0.15, 0.2) is 36.4 Å². The van der Waals surface area contributed by atoms with Crippen LogP contribution < -0.4 is 0 Å². The average molecular weight is 358 g/mol. The number of benzene rings is 1. The molecule has 1 aromatic carbocycles. The Morgan fingerprint density at radius 1 is 1.00 bits per heavy atom. The van der Waals surface area contributed by atoms with Gasteiger partial charge in [-0.1, -0.05) is 18.7 Å². The van der Waals surface area contributed by atoms with Gasteiger partial charge >= 0.3 is 6.18 Å². The molecule has 3 rings (SSSR count). The molecule has 0 amide bonds. The van der Waals surface area contributed by atoms with Gasteiger partial charge in [-0.15, -0.1) is 0 Å². The van der Waals surface area contributed by atoms with Crippen molar-refractivity contribution in [2.45, 2.75) is 44.1 Å². The first-order valence-corrected chi connectivity index (χ1v) is 8.30. The Labute approximate surface area is 144 Å². The fraction of sp³-hybridized carbons (Fsp3) is 0.556. The van der Waals surface area contributed by atoms with Crippen molar-refractivity contribution in [2.24, 2.45) is 5.92 Å². The first kappa shape index (κ1) is 18.4. The number of rotatable bonds is 2. The molecule has 25 heavy (non-hydrogen) atoms. The first-order chi connectivity index (χ1) is 11.9. The molecule has 1 saturated carbocycles. The molecule has 1 aliphatic carbocycles.